The average molecular weight is 148 g/mol. The first-order valence-electron chi connectivity index (χ1n) is 2.96. The van der Waals surface area contributed by atoms with Crippen LogP contribution < -0.4 is 0 Å². The summed E-state index contributed by atoms with van der Waals surface area (Å²) in [6.45, 7) is 1.68. The number of ether oxygens (including phenoxy) is 1. The molecule has 0 aliphatic rings. The minimum Gasteiger partial charge on any atom is -0.504 e. The maximum Gasteiger partial charge on any atom is 0.132 e. The highest BCUT2D eigenvalue weighted by molar-refractivity contribution is 5.43. The van der Waals surface area contributed by atoms with E-state index in [-0.39, 0.29) is 5.57 Å². The Labute approximate surface area is 65.8 Å². The van der Waals surface area contributed by atoms with E-state index >= 15 is 0 Å². The molecule has 0 saturated carbocycles. The molecule has 0 fully saturated rings. The summed E-state index contributed by atoms with van der Waals surface area (Å²) in [5, 5.41) is 16.8. The molecule has 11 heavy (non-hydrogen) atoms. The molecule has 3 heteroatoms. The van der Waals surface area contributed by atoms with Gasteiger partial charge in [-0.05, 0) is 18.6 Å². The van der Waals surface area contributed by atoms with Gasteiger partial charge < -0.3 is 4.74 Å². The van der Waals surface area contributed by atoms with Crippen LogP contribution in [0, 0.1) is 22.7 Å². The lowest BCUT2D eigenvalue weighted by Gasteiger charge is -1.89. The molecule has 0 unspecified atom stereocenters. The quantitative estimate of drug-likeness (QED) is 0.339. The normalized spacial score (nSPS) is 8.36. The first-order valence-corrected chi connectivity index (χ1v) is 2.96. The molecular weight excluding hydrogens is 140 g/mol. The van der Waals surface area contributed by atoms with Crippen LogP contribution in [-0.2, 0) is 4.74 Å². The van der Waals surface area contributed by atoms with Gasteiger partial charge >= 0.3 is 0 Å². The van der Waals surface area contributed by atoms with Gasteiger partial charge in [-0.1, -0.05) is 0 Å². The van der Waals surface area contributed by atoms with Crippen LogP contribution in [0.15, 0.2) is 23.5 Å². The van der Waals surface area contributed by atoms with Gasteiger partial charge in [0.2, 0.25) is 0 Å². The van der Waals surface area contributed by atoms with Crippen molar-refractivity contribution in [3.8, 4) is 12.1 Å². The second kappa shape index (κ2) is 5.08. The van der Waals surface area contributed by atoms with Crippen LogP contribution >= 0.6 is 0 Å². The van der Waals surface area contributed by atoms with E-state index in [1.54, 1.807) is 25.1 Å². The molecule has 0 aliphatic carbocycles. The number of nitrogens with zero attached hydrogens (tertiary/aromatic N) is 2. The Hall–Kier alpha value is -1.74. The lowest BCUT2D eigenvalue weighted by atomic mass is 10.2. The van der Waals surface area contributed by atoms with Crippen molar-refractivity contribution < 1.29 is 4.74 Å². The second-order valence-electron chi connectivity index (χ2n) is 1.82. The van der Waals surface area contributed by atoms with Crippen molar-refractivity contribution in [3.63, 3.8) is 0 Å². The van der Waals surface area contributed by atoms with Crippen LogP contribution in [0.2, 0.25) is 0 Å². The van der Waals surface area contributed by atoms with Crippen molar-refractivity contribution in [2.75, 3.05) is 7.11 Å². The summed E-state index contributed by atoms with van der Waals surface area (Å²) in [7, 11) is 1.50. The van der Waals surface area contributed by atoms with Crippen LogP contribution in [-0.4, -0.2) is 7.11 Å². The highest BCUT2D eigenvalue weighted by atomic mass is 16.5. The summed E-state index contributed by atoms with van der Waals surface area (Å²) in [6.07, 6.45) is 2.99. The van der Waals surface area contributed by atoms with Crippen LogP contribution in [0.4, 0.5) is 0 Å². The van der Waals surface area contributed by atoms with Crippen molar-refractivity contribution >= 4 is 0 Å². The van der Waals surface area contributed by atoms with Crippen LogP contribution in [0.3, 0.4) is 0 Å². The summed E-state index contributed by atoms with van der Waals surface area (Å²) in [6, 6.07) is 3.54. The molecule has 0 atom stereocenters. The fourth-order valence-electron chi connectivity index (χ4n) is 0.455. The van der Waals surface area contributed by atoms with Gasteiger partial charge in [0.25, 0.3) is 0 Å². The highest BCUT2D eigenvalue weighted by Crippen LogP contribution is 2.02. The molecule has 3 nitrogen and oxygen atoms in total. The zero-order valence-corrected chi connectivity index (χ0v) is 6.46. The number of rotatable bonds is 2. The molecule has 0 saturated heterocycles. The molecule has 0 bridgehead atoms. The molecule has 0 amide bonds. The molecule has 0 aromatic carbocycles. The number of allylic oxidation sites excluding steroid dienone is 3. The third-order valence-electron chi connectivity index (χ3n) is 1.07. The summed E-state index contributed by atoms with van der Waals surface area (Å²) < 4.78 is 4.62. The van der Waals surface area contributed by atoms with E-state index in [2.05, 4.69) is 4.74 Å². The van der Waals surface area contributed by atoms with E-state index in [4.69, 9.17) is 10.5 Å². The zero-order chi connectivity index (χ0) is 8.69. The number of methoxy groups -OCH3 is 1. The third kappa shape index (κ3) is 3.07. The van der Waals surface area contributed by atoms with Gasteiger partial charge in [0.1, 0.15) is 17.7 Å². The third-order valence-corrected chi connectivity index (χ3v) is 1.07. The Morgan fingerprint density at radius 3 is 2.27 bits per heavy atom. The van der Waals surface area contributed by atoms with Gasteiger partial charge in [0, 0.05) is 0 Å². The van der Waals surface area contributed by atoms with E-state index in [1.165, 1.54) is 13.4 Å². The maximum atomic E-state index is 8.39. The smallest absolute Gasteiger partial charge is 0.132 e. The lowest BCUT2D eigenvalue weighted by Crippen LogP contribution is -1.78. The largest absolute Gasteiger partial charge is 0.504 e. The number of nitriles is 2. The van der Waals surface area contributed by atoms with Gasteiger partial charge in [0.15, 0.2) is 0 Å². The van der Waals surface area contributed by atoms with Gasteiger partial charge in [-0.25, -0.2) is 0 Å². The van der Waals surface area contributed by atoms with Crippen LogP contribution in [0.25, 0.3) is 0 Å². The van der Waals surface area contributed by atoms with Gasteiger partial charge in [-0.3, -0.25) is 0 Å². The predicted octanol–water partition coefficient (Wildman–Crippen LogP) is 1.51. The highest BCUT2D eigenvalue weighted by Gasteiger charge is 1.94. The summed E-state index contributed by atoms with van der Waals surface area (Å²) in [5.74, 6) is 0. The molecular formula is C8H8N2O. The monoisotopic (exact) mass is 148 g/mol. The van der Waals surface area contributed by atoms with E-state index in [0.717, 1.165) is 0 Å². The summed E-state index contributed by atoms with van der Waals surface area (Å²) in [5.41, 5.74) is 0.718. The molecule has 0 heterocycles. The Balaban J connectivity index is 4.56. The lowest BCUT2D eigenvalue weighted by molar-refractivity contribution is 0.338. The Morgan fingerprint density at radius 2 is 1.91 bits per heavy atom. The number of hydrogen-bond donors (Lipinski definition) is 0. The van der Waals surface area contributed by atoms with E-state index in [9.17, 15) is 0 Å². The fraction of sp³-hybridized carbons (Fsp3) is 0.250. The predicted molar refractivity (Wildman–Crippen MR) is 40.1 cm³/mol. The van der Waals surface area contributed by atoms with Crippen molar-refractivity contribution in [2.45, 2.75) is 6.92 Å². The molecule has 0 aliphatic heterocycles. The van der Waals surface area contributed by atoms with Gasteiger partial charge in [-0.15, -0.1) is 0 Å². The van der Waals surface area contributed by atoms with Crippen molar-refractivity contribution in [1.29, 1.82) is 10.5 Å². The summed E-state index contributed by atoms with van der Waals surface area (Å²) >= 11 is 0. The fourth-order valence-corrected chi connectivity index (χ4v) is 0.455. The molecule has 0 aromatic rings. The van der Waals surface area contributed by atoms with E-state index < -0.39 is 0 Å². The van der Waals surface area contributed by atoms with Crippen molar-refractivity contribution in [2.24, 2.45) is 0 Å². The van der Waals surface area contributed by atoms with Crippen LogP contribution in [0.5, 0.6) is 0 Å². The minimum absolute atomic E-state index is 0.110. The first-order chi connectivity index (χ1) is 5.26. The second-order valence-corrected chi connectivity index (χ2v) is 1.82. The summed E-state index contributed by atoms with van der Waals surface area (Å²) in [4.78, 5) is 0. The standard InChI is InChI=1S/C8H8N2O/c1-7(3-4-11-2)8(5-9)6-10/h3-4H,1-2H3/b4-3+. The molecule has 56 valence electrons. The molecule has 0 spiro atoms. The topological polar surface area (TPSA) is 56.8 Å². The number of hydrogen-bond acceptors (Lipinski definition) is 3. The van der Waals surface area contributed by atoms with Gasteiger partial charge in [-0.2, -0.15) is 10.5 Å². The van der Waals surface area contributed by atoms with Crippen molar-refractivity contribution in [1.82, 2.24) is 0 Å². The van der Waals surface area contributed by atoms with E-state index in [0.29, 0.717) is 5.57 Å². The van der Waals surface area contributed by atoms with E-state index in [1.807, 2.05) is 0 Å². The van der Waals surface area contributed by atoms with Gasteiger partial charge in [0.05, 0.1) is 13.4 Å². The minimum atomic E-state index is 0.110. The average Bonchev–Trinajstić information content (AvgIpc) is 2.03. The Kier molecular flexibility index (Phi) is 4.27. The molecule has 0 N–H and O–H groups in total. The Morgan fingerprint density at radius 1 is 1.36 bits per heavy atom. The molecule has 0 aromatic heterocycles. The Bertz CT molecular complexity index is 247. The zero-order valence-electron chi connectivity index (χ0n) is 6.46. The van der Waals surface area contributed by atoms with Crippen LogP contribution in [0.1, 0.15) is 6.92 Å². The maximum absolute atomic E-state index is 8.39. The molecule has 0 radical (unpaired) electrons. The first kappa shape index (κ1) is 9.26. The van der Waals surface area contributed by atoms with Crippen molar-refractivity contribution in [3.05, 3.63) is 23.5 Å². The SMILES string of the molecule is CO/C=C/C(C)=C(C#N)C#N. The molecule has 0 rings (SSSR count).